The minimum Gasteiger partial charge on any atom is -0.0843 e. The van der Waals surface area contributed by atoms with Gasteiger partial charge in [0.15, 0.2) is 0 Å². The fourth-order valence-corrected chi connectivity index (χ4v) is 2.53. The van der Waals surface area contributed by atoms with E-state index in [1.165, 1.54) is 0 Å². The summed E-state index contributed by atoms with van der Waals surface area (Å²) < 4.78 is 0. The molecule has 0 spiro atoms. The molecule has 0 radical (unpaired) electrons. The summed E-state index contributed by atoms with van der Waals surface area (Å²) in [4.78, 5) is 0. The second-order valence-corrected chi connectivity index (χ2v) is 5.29. The van der Waals surface area contributed by atoms with Gasteiger partial charge in [0.05, 0.1) is 10.0 Å². The van der Waals surface area contributed by atoms with Gasteiger partial charge in [-0.3, -0.25) is 0 Å². The van der Waals surface area contributed by atoms with Crippen LogP contribution < -0.4 is 0 Å². The molecule has 4 heteroatoms. The molecule has 0 saturated heterocycles. The van der Waals surface area contributed by atoms with E-state index in [-0.39, 0.29) is 0 Å². The van der Waals surface area contributed by atoms with Crippen LogP contribution in [0.5, 0.6) is 0 Å². The molecule has 0 amide bonds. The Balaban J connectivity index is 2.73. The summed E-state index contributed by atoms with van der Waals surface area (Å²) in [5.41, 5.74) is 2.69. The molecule has 0 aliphatic carbocycles. The maximum atomic E-state index is 6.19. The highest BCUT2D eigenvalue weighted by molar-refractivity contribution is 6.45. The molecule has 0 unspecified atom stereocenters. The SMILES string of the molecule is Cc1c(Cl)cccc1-c1cc(Cl)cc(Cl)c1Cl. The molecule has 88 valence electrons. The van der Waals surface area contributed by atoms with Crippen molar-refractivity contribution in [1.29, 1.82) is 0 Å². The third-order valence-corrected chi connectivity index (χ3v) is 3.98. The van der Waals surface area contributed by atoms with E-state index < -0.39 is 0 Å². The third-order valence-electron chi connectivity index (χ3n) is 2.55. The first-order chi connectivity index (χ1) is 8.00. The molecule has 0 aliphatic rings. The number of halogens is 4. The molecular formula is C13H8Cl4. The third kappa shape index (κ3) is 2.56. The summed E-state index contributed by atoms with van der Waals surface area (Å²) in [5, 5.41) is 2.17. The topological polar surface area (TPSA) is 0 Å². The van der Waals surface area contributed by atoms with Crippen LogP contribution in [0.3, 0.4) is 0 Å². The molecule has 2 aromatic carbocycles. The first-order valence-corrected chi connectivity index (χ1v) is 6.42. The Hall–Kier alpha value is -0.400. The lowest BCUT2D eigenvalue weighted by molar-refractivity contribution is 1.46. The van der Waals surface area contributed by atoms with E-state index in [1.54, 1.807) is 12.1 Å². The van der Waals surface area contributed by atoms with Crippen LogP contribution in [-0.4, -0.2) is 0 Å². The van der Waals surface area contributed by atoms with E-state index in [2.05, 4.69) is 0 Å². The van der Waals surface area contributed by atoms with E-state index >= 15 is 0 Å². The first kappa shape index (κ1) is 13.0. The lowest BCUT2D eigenvalue weighted by atomic mass is 10.0. The lowest BCUT2D eigenvalue weighted by Crippen LogP contribution is -1.86. The van der Waals surface area contributed by atoms with Gasteiger partial charge in [0.1, 0.15) is 0 Å². The van der Waals surface area contributed by atoms with Crippen molar-refractivity contribution in [3.8, 4) is 11.1 Å². The first-order valence-electron chi connectivity index (χ1n) is 4.90. The van der Waals surface area contributed by atoms with Crippen LogP contribution in [0, 0.1) is 6.92 Å². The molecular weight excluding hydrogens is 298 g/mol. The highest BCUT2D eigenvalue weighted by Crippen LogP contribution is 2.38. The molecule has 0 bridgehead atoms. The van der Waals surface area contributed by atoms with Crippen LogP contribution in [0.25, 0.3) is 11.1 Å². The summed E-state index contributed by atoms with van der Waals surface area (Å²) in [7, 11) is 0. The van der Waals surface area contributed by atoms with Gasteiger partial charge in [-0.1, -0.05) is 58.5 Å². The van der Waals surface area contributed by atoms with Gasteiger partial charge in [-0.25, -0.2) is 0 Å². The highest BCUT2D eigenvalue weighted by Gasteiger charge is 2.12. The number of hydrogen-bond acceptors (Lipinski definition) is 0. The number of benzene rings is 2. The maximum Gasteiger partial charge on any atom is 0.0671 e. The second-order valence-electron chi connectivity index (χ2n) is 3.66. The van der Waals surface area contributed by atoms with Crippen LogP contribution >= 0.6 is 46.4 Å². The quantitative estimate of drug-likeness (QED) is 0.544. The Morgan fingerprint density at radius 2 is 1.53 bits per heavy atom. The van der Waals surface area contributed by atoms with E-state index in [4.69, 9.17) is 46.4 Å². The maximum absolute atomic E-state index is 6.19. The van der Waals surface area contributed by atoms with Gasteiger partial charge in [-0.15, -0.1) is 0 Å². The molecule has 2 rings (SSSR count). The predicted molar refractivity (Wildman–Crippen MR) is 76.7 cm³/mol. The van der Waals surface area contributed by atoms with Gasteiger partial charge in [-0.2, -0.15) is 0 Å². The van der Waals surface area contributed by atoms with Gasteiger partial charge in [0.2, 0.25) is 0 Å². The van der Waals surface area contributed by atoms with E-state index in [0.717, 1.165) is 16.7 Å². The summed E-state index contributed by atoms with van der Waals surface area (Å²) in [5.74, 6) is 0. The smallest absolute Gasteiger partial charge is 0.0671 e. The van der Waals surface area contributed by atoms with Gasteiger partial charge in [0, 0.05) is 15.6 Å². The monoisotopic (exact) mass is 304 g/mol. The molecule has 0 fully saturated rings. The average Bonchev–Trinajstić information content (AvgIpc) is 2.27. The molecule has 0 saturated carbocycles. The van der Waals surface area contributed by atoms with Crippen molar-refractivity contribution in [2.45, 2.75) is 6.92 Å². The zero-order valence-corrected chi connectivity index (χ0v) is 11.9. The summed E-state index contributed by atoms with van der Waals surface area (Å²) in [6.45, 7) is 1.93. The molecule has 0 atom stereocenters. The van der Waals surface area contributed by atoms with Gasteiger partial charge >= 0.3 is 0 Å². The number of rotatable bonds is 1. The fraction of sp³-hybridized carbons (Fsp3) is 0.0769. The van der Waals surface area contributed by atoms with Crippen LogP contribution in [0.2, 0.25) is 20.1 Å². The standard InChI is InChI=1S/C13H8Cl4/c1-7-9(3-2-4-11(7)15)10-5-8(14)6-12(16)13(10)17/h2-6H,1H3. The van der Waals surface area contributed by atoms with Crippen molar-refractivity contribution in [1.82, 2.24) is 0 Å². The summed E-state index contributed by atoms with van der Waals surface area (Å²) >= 11 is 24.3. The zero-order chi connectivity index (χ0) is 12.6. The fourth-order valence-electron chi connectivity index (χ4n) is 1.65. The molecule has 0 N–H and O–H groups in total. The second kappa shape index (κ2) is 5.07. The van der Waals surface area contributed by atoms with Crippen LogP contribution in [0.4, 0.5) is 0 Å². The van der Waals surface area contributed by atoms with Crippen LogP contribution in [0.1, 0.15) is 5.56 Å². The van der Waals surface area contributed by atoms with Crippen molar-refractivity contribution in [3.63, 3.8) is 0 Å². The highest BCUT2D eigenvalue weighted by atomic mass is 35.5. The molecule has 2 aromatic rings. The van der Waals surface area contributed by atoms with Crippen molar-refractivity contribution < 1.29 is 0 Å². The van der Waals surface area contributed by atoms with E-state index in [9.17, 15) is 0 Å². The van der Waals surface area contributed by atoms with Crippen molar-refractivity contribution >= 4 is 46.4 Å². The molecule has 0 aromatic heterocycles. The average molecular weight is 306 g/mol. The number of hydrogen-bond donors (Lipinski definition) is 0. The summed E-state index contributed by atoms with van der Waals surface area (Å²) in [6, 6.07) is 9.05. The van der Waals surface area contributed by atoms with Gasteiger partial charge < -0.3 is 0 Å². The Morgan fingerprint density at radius 1 is 0.824 bits per heavy atom. The van der Waals surface area contributed by atoms with Crippen molar-refractivity contribution in [2.24, 2.45) is 0 Å². The van der Waals surface area contributed by atoms with Crippen LogP contribution in [-0.2, 0) is 0 Å². The normalized spacial score (nSPS) is 10.6. The van der Waals surface area contributed by atoms with E-state index in [0.29, 0.717) is 20.1 Å². The molecule has 17 heavy (non-hydrogen) atoms. The largest absolute Gasteiger partial charge is 0.0843 e. The predicted octanol–water partition coefficient (Wildman–Crippen LogP) is 6.28. The molecule has 0 aliphatic heterocycles. The minimum absolute atomic E-state index is 0.438. The van der Waals surface area contributed by atoms with Crippen LogP contribution in [0.15, 0.2) is 30.3 Å². The Morgan fingerprint density at radius 3 is 2.24 bits per heavy atom. The molecule has 0 heterocycles. The molecule has 0 nitrogen and oxygen atoms in total. The Kier molecular flexibility index (Phi) is 3.89. The Labute approximate surface area is 120 Å². The Bertz CT molecular complexity index is 576. The minimum atomic E-state index is 0.438. The van der Waals surface area contributed by atoms with Gasteiger partial charge in [0.25, 0.3) is 0 Å². The summed E-state index contributed by atoms with van der Waals surface area (Å²) in [6.07, 6.45) is 0. The van der Waals surface area contributed by atoms with E-state index in [1.807, 2.05) is 25.1 Å². The lowest BCUT2D eigenvalue weighted by Gasteiger charge is -2.11. The van der Waals surface area contributed by atoms with Crippen molar-refractivity contribution in [2.75, 3.05) is 0 Å². The van der Waals surface area contributed by atoms with Crippen molar-refractivity contribution in [3.05, 3.63) is 56.0 Å². The zero-order valence-electron chi connectivity index (χ0n) is 8.90. The van der Waals surface area contributed by atoms with Gasteiger partial charge in [-0.05, 0) is 36.2 Å².